The molecule has 1 atom stereocenters. The molecule has 1 aromatic rings. The molecule has 4 heteroatoms. The lowest BCUT2D eigenvalue weighted by atomic mass is 10.0. The van der Waals surface area contributed by atoms with Crippen molar-refractivity contribution < 1.29 is 14.3 Å². The van der Waals surface area contributed by atoms with Crippen molar-refractivity contribution in [1.29, 1.82) is 0 Å². The van der Waals surface area contributed by atoms with Crippen LogP contribution < -0.4 is 0 Å². The summed E-state index contributed by atoms with van der Waals surface area (Å²) in [6, 6.07) is 3.99. The second-order valence-corrected chi connectivity index (χ2v) is 3.89. The van der Waals surface area contributed by atoms with E-state index in [0.29, 0.717) is 11.1 Å². The van der Waals surface area contributed by atoms with Crippen LogP contribution in [-0.2, 0) is 11.4 Å². The number of carbonyl (C=O) groups excluding carboxylic acids is 1. The van der Waals surface area contributed by atoms with Crippen LogP contribution >= 0.6 is 15.9 Å². The SMILES string of the molecule is CC(=O)C(Br)c1cc(F)ccc1CO. The van der Waals surface area contributed by atoms with Crippen LogP contribution in [0, 0.1) is 5.82 Å². The van der Waals surface area contributed by atoms with Gasteiger partial charge in [-0.25, -0.2) is 4.39 Å². The molecule has 2 nitrogen and oxygen atoms in total. The maximum absolute atomic E-state index is 12.9. The van der Waals surface area contributed by atoms with Crippen LogP contribution in [0.2, 0.25) is 0 Å². The molecule has 0 aromatic heterocycles. The topological polar surface area (TPSA) is 37.3 Å². The number of aliphatic hydroxyl groups excluding tert-OH is 1. The van der Waals surface area contributed by atoms with Crippen LogP contribution in [-0.4, -0.2) is 10.9 Å². The lowest BCUT2D eigenvalue weighted by Crippen LogP contribution is -2.05. The summed E-state index contributed by atoms with van der Waals surface area (Å²) in [4.78, 5) is 10.5. The third kappa shape index (κ3) is 2.39. The van der Waals surface area contributed by atoms with Crippen molar-refractivity contribution in [3.63, 3.8) is 0 Å². The van der Waals surface area contributed by atoms with E-state index in [9.17, 15) is 9.18 Å². The molecule has 14 heavy (non-hydrogen) atoms. The third-order valence-electron chi connectivity index (χ3n) is 1.91. The van der Waals surface area contributed by atoms with Gasteiger partial charge in [0.05, 0.1) is 11.4 Å². The van der Waals surface area contributed by atoms with Crippen molar-refractivity contribution in [1.82, 2.24) is 0 Å². The van der Waals surface area contributed by atoms with E-state index < -0.39 is 10.6 Å². The van der Waals surface area contributed by atoms with Crippen molar-refractivity contribution in [2.75, 3.05) is 0 Å². The molecule has 0 bridgehead atoms. The zero-order valence-electron chi connectivity index (χ0n) is 7.63. The molecule has 0 saturated heterocycles. The summed E-state index contributed by atoms with van der Waals surface area (Å²) in [5, 5.41) is 8.99. The number of hydrogen-bond donors (Lipinski definition) is 1. The van der Waals surface area contributed by atoms with Gasteiger partial charge in [-0.1, -0.05) is 22.0 Å². The van der Waals surface area contributed by atoms with E-state index >= 15 is 0 Å². The van der Waals surface area contributed by atoms with Gasteiger partial charge in [0.1, 0.15) is 11.6 Å². The Kier molecular flexibility index (Phi) is 3.77. The van der Waals surface area contributed by atoms with E-state index in [4.69, 9.17) is 5.11 Å². The first-order chi connectivity index (χ1) is 6.56. The number of rotatable bonds is 3. The molecule has 0 aliphatic heterocycles. The van der Waals surface area contributed by atoms with Gasteiger partial charge in [-0.05, 0) is 30.2 Å². The van der Waals surface area contributed by atoms with E-state index in [-0.39, 0.29) is 12.4 Å². The number of benzene rings is 1. The van der Waals surface area contributed by atoms with Crippen LogP contribution in [0.25, 0.3) is 0 Å². The van der Waals surface area contributed by atoms with Gasteiger partial charge in [0.2, 0.25) is 0 Å². The predicted octanol–water partition coefficient (Wildman–Crippen LogP) is 2.34. The van der Waals surface area contributed by atoms with Crippen molar-refractivity contribution in [2.45, 2.75) is 18.4 Å². The van der Waals surface area contributed by atoms with Crippen molar-refractivity contribution in [2.24, 2.45) is 0 Å². The summed E-state index contributed by atoms with van der Waals surface area (Å²) >= 11 is 3.15. The molecule has 1 unspecified atom stereocenters. The number of ketones is 1. The predicted molar refractivity (Wildman–Crippen MR) is 54.7 cm³/mol. The summed E-state index contributed by atoms with van der Waals surface area (Å²) in [5.74, 6) is -0.534. The standard InChI is InChI=1S/C10H10BrFO2/c1-6(14)10(11)9-4-8(12)3-2-7(9)5-13/h2-4,10,13H,5H2,1H3. The highest BCUT2D eigenvalue weighted by molar-refractivity contribution is 9.09. The van der Waals surface area contributed by atoms with Crippen LogP contribution in [0.3, 0.4) is 0 Å². The quantitative estimate of drug-likeness (QED) is 0.848. The fourth-order valence-electron chi connectivity index (χ4n) is 1.16. The molecular formula is C10H10BrFO2. The molecule has 0 heterocycles. The van der Waals surface area contributed by atoms with E-state index in [2.05, 4.69) is 15.9 Å². The Hall–Kier alpha value is -0.740. The average Bonchev–Trinajstić information content (AvgIpc) is 2.16. The Morgan fingerprint density at radius 2 is 2.29 bits per heavy atom. The molecule has 0 saturated carbocycles. The minimum Gasteiger partial charge on any atom is -0.392 e. The van der Waals surface area contributed by atoms with E-state index in [1.807, 2.05) is 0 Å². The maximum atomic E-state index is 12.9. The van der Waals surface area contributed by atoms with Gasteiger partial charge in [0, 0.05) is 0 Å². The summed E-state index contributed by atoms with van der Waals surface area (Å²) in [5.41, 5.74) is 1.04. The van der Waals surface area contributed by atoms with E-state index in [1.165, 1.54) is 25.1 Å². The number of Topliss-reactive ketones (excluding diaryl/α,β-unsaturated/α-hetero) is 1. The van der Waals surface area contributed by atoms with E-state index in [0.717, 1.165) is 0 Å². The van der Waals surface area contributed by atoms with E-state index in [1.54, 1.807) is 0 Å². The Morgan fingerprint density at radius 1 is 1.64 bits per heavy atom. The van der Waals surface area contributed by atoms with Gasteiger partial charge >= 0.3 is 0 Å². The van der Waals surface area contributed by atoms with Gasteiger partial charge in [0.25, 0.3) is 0 Å². The van der Waals surface area contributed by atoms with Gasteiger partial charge in [0.15, 0.2) is 0 Å². The molecule has 76 valence electrons. The van der Waals surface area contributed by atoms with Gasteiger partial charge in [-0.2, -0.15) is 0 Å². The molecule has 0 aliphatic rings. The third-order valence-corrected chi connectivity index (χ3v) is 3.05. The normalized spacial score (nSPS) is 12.6. The van der Waals surface area contributed by atoms with Crippen LogP contribution in [0.15, 0.2) is 18.2 Å². The first kappa shape index (κ1) is 11.3. The Bertz CT molecular complexity index is 352. The summed E-state index contributed by atoms with van der Waals surface area (Å²) < 4.78 is 12.9. The molecular weight excluding hydrogens is 251 g/mol. The fraction of sp³-hybridized carbons (Fsp3) is 0.300. The number of carbonyl (C=O) groups is 1. The van der Waals surface area contributed by atoms with Crippen molar-refractivity contribution in [3.8, 4) is 0 Å². The lowest BCUT2D eigenvalue weighted by molar-refractivity contribution is -0.116. The molecule has 0 radical (unpaired) electrons. The molecule has 0 spiro atoms. The smallest absolute Gasteiger partial charge is 0.147 e. The highest BCUT2D eigenvalue weighted by Gasteiger charge is 2.16. The molecule has 0 fully saturated rings. The zero-order chi connectivity index (χ0) is 10.7. The average molecular weight is 261 g/mol. The van der Waals surface area contributed by atoms with Gasteiger partial charge in [-0.3, -0.25) is 4.79 Å². The van der Waals surface area contributed by atoms with Gasteiger partial charge in [-0.15, -0.1) is 0 Å². The van der Waals surface area contributed by atoms with Crippen molar-refractivity contribution in [3.05, 3.63) is 35.1 Å². The van der Waals surface area contributed by atoms with Crippen molar-refractivity contribution >= 4 is 21.7 Å². The summed E-state index contributed by atoms with van der Waals surface area (Å²) in [6.45, 7) is 1.20. The Labute approximate surface area is 89.9 Å². The fourth-order valence-corrected chi connectivity index (χ4v) is 1.59. The van der Waals surface area contributed by atoms with Crippen LogP contribution in [0.5, 0.6) is 0 Å². The number of halogens is 2. The zero-order valence-corrected chi connectivity index (χ0v) is 9.21. The second kappa shape index (κ2) is 4.66. The molecule has 0 amide bonds. The Morgan fingerprint density at radius 3 is 2.79 bits per heavy atom. The summed E-state index contributed by atoms with van der Waals surface area (Å²) in [6.07, 6.45) is 0. The number of hydrogen-bond acceptors (Lipinski definition) is 2. The highest BCUT2D eigenvalue weighted by atomic mass is 79.9. The molecule has 1 rings (SSSR count). The monoisotopic (exact) mass is 260 g/mol. The highest BCUT2D eigenvalue weighted by Crippen LogP contribution is 2.27. The minimum atomic E-state index is -0.555. The Balaban J connectivity index is 3.16. The van der Waals surface area contributed by atoms with Crippen LogP contribution in [0.1, 0.15) is 22.9 Å². The lowest BCUT2D eigenvalue weighted by Gasteiger charge is -2.10. The summed E-state index contributed by atoms with van der Waals surface area (Å²) in [7, 11) is 0. The first-order valence-corrected chi connectivity index (χ1v) is 5.01. The van der Waals surface area contributed by atoms with Gasteiger partial charge < -0.3 is 5.11 Å². The molecule has 1 N–H and O–H groups in total. The minimum absolute atomic E-state index is 0.120. The number of alkyl halides is 1. The first-order valence-electron chi connectivity index (χ1n) is 4.10. The molecule has 1 aromatic carbocycles. The molecule has 0 aliphatic carbocycles. The van der Waals surface area contributed by atoms with Crippen LogP contribution in [0.4, 0.5) is 4.39 Å². The second-order valence-electron chi connectivity index (χ2n) is 2.97. The largest absolute Gasteiger partial charge is 0.392 e. The number of aliphatic hydroxyl groups is 1. The maximum Gasteiger partial charge on any atom is 0.147 e.